The third-order valence-electron chi connectivity index (χ3n) is 5.25. The Morgan fingerprint density at radius 3 is 1.33 bits per heavy atom. The van der Waals surface area contributed by atoms with Crippen LogP contribution in [0.5, 0.6) is 0 Å². The Hall–Kier alpha value is -2.29. The smallest absolute Gasteiger partial charge is 0.193 e. The fourth-order valence-corrected chi connectivity index (χ4v) is 3.18. The molecule has 0 atom stereocenters. The third-order valence-corrected chi connectivity index (χ3v) is 5.25. The van der Waals surface area contributed by atoms with Crippen molar-refractivity contribution < 1.29 is 4.79 Å². The molecule has 2 aromatic rings. The van der Waals surface area contributed by atoms with E-state index in [1.807, 2.05) is 48.5 Å². The molecule has 0 aromatic heterocycles. The van der Waals surface area contributed by atoms with Crippen molar-refractivity contribution in [3.63, 3.8) is 0 Å². The molecule has 24 heavy (non-hydrogen) atoms. The lowest BCUT2D eigenvalue weighted by Gasteiger charge is -2.27. The van der Waals surface area contributed by atoms with Crippen LogP contribution in [-0.4, -0.2) is 17.9 Å². The Morgan fingerprint density at radius 1 is 0.667 bits per heavy atom. The molecular formula is C21H24N2O. The first-order valence-electron chi connectivity index (χ1n) is 9.06. The van der Waals surface area contributed by atoms with Crippen LogP contribution >= 0.6 is 0 Å². The summed E-state index contributed by atoms with van der Waals surface area (Å²) in [5.41, 5.74) is 3.70. The van der Waals surface area contributed by atoms with Crippen LogP contribution in [0.25, 0.3) is 0 Å². The lowest BCUT2D eigenvalue weighted by Crippen LogP contribution is -2.26. The van der Waals surface area contributed by atoms with Crippen molar-refractivity contribution in [2.45, 2.75) is 50.6 Å². The van der Waals surface area contributed by atoms with Gasteiger partial charge in [-0.1, -0.05) is 0 Å². The third kappa shape index (κ3) is 3.30. The zero-order valence-electron chi connectivity index (χ0n) is 13.9. The second-order valence-corrected chi connectivity index (χ2v) is 7.03. The van der Waals surface area contributed by atoms with Crippen molar-refractivity contribution in [3.8, 4) is 0 Å². The van der Waals surface area contributed by atoms with Gasteiger partial charge in [0.1, 0.15) is 0 Å². The van der Waals surface area contributed by atoms with Crippen molar-refractivity contribution in [1.82, 2.24) is 0 Å². The molecule has 124 valence electrons. The maximum absolute atomic E-state index is 12.6. The van der Waals surface area contributed by atoms with Crippen molar-refractivity contribution in [3.05, 3.63) is 59.7 Å². The normalized spacial score (nSPS) is 17.7. The summed E-state index contributed by atoms with van der Waals surface area (Å²) in [6, 6.07) is 17.0. The summed E-state index contributed by atoms with van der Waals surface area (Å²) in [5.74, 6) is 0.0837. The van der Waals surface area contributed by atoms with E-state index >= 15 is 0 Å². The summed E-state index contributed by atoms with van der Waals surface area (Å²) >= 11 is 0. The maximum Gasteiger partial charge on any atom is 0.193 e. The summed E-state index contributed by atoms with van der Waals surface area (Å²) in [6.07, 6.45) is 7.65. The van der Waals surface area contributed by atoms with Gasteiger partial charge in [0.05, 0.1) is 0 Å². The molecule has 0 amide bonds. The molecule has 2 aliphatic carbocycles. The highest BCUT2D eigenvalue weighted by atomic mass is 16.1. The molecule has 0 radical (unpaired) electrons. The first kappa shape index (κ1) is 15.3. The van der Waals surface area contributed by atoms with Crippen molar-refractivity contribution in [2.75, 3.05) is 10.6 Å². The van der Waals surface area contributed by atoms with E-state index in [-0.39, 0.29) is 5.78 Å². The number of rotatable bonds is 6. The summed E-state index contributed by atoms with van der Waals surface area (Å²) in [7, 11) is 0. The zero-order chi connectivity index (χ0) is 16.4. The number of nitrogens with one attached hydrogen (secondary N) is 2. The molecule has 3 heteroatoms. The van der Waals surface area contributed by atoms with Crippen molar-refractivity contribution in [2.24, 2.45) is 0 Å². The molecule has 2 aromatic carbocycles. The van der Waals surface area contributed by atoms with Crippen LogP contribution in [0.4, 0.5) is 11.4 Å². The molecule has 2 saturated carbocycles. The van der Waals surface area contributed by atoms with Crippen LogP contribution in [0.2, 0.25) is 0 Å². The number of hydrogen-bond donors (Lipinski definition) is 2. The molecule has 4 rings (SSSR count). The average Bonchev–Trinajstić information content (AvgIpc) is 2.55. The average molecular weight is 320 g/mol. The van der Waals surface area contributed by atoms with E-state index in [0.717, 1.165) is 22.5 Å². The Balaban J connectivity index is 1.40. The Kier molecular flexibility index (Phi) is 4.24. The highest BCUT2D eigenvalue weighted by Crippen LogP contribution is 2.25. The van der Waals surface area contributed by atoms with Crippen molar-refractivity contribution in [1.29, 1.82) is 0 Å². The molecule has 0 unspecified atom stereocenters. The molecule has 2 aliphatic rings. The van der Waals surface area contributed by atoms with Gasteiger partial charge in [-0.05, 0) is 87.1 Å². The topological polar surface area (TPSA) is 41.1 Å². The van der Waals surface area contributed by atoms with E-state index in [0.29, 0.717) is 12.1 Å². The summed E-state index contributed by atoms with van der Waals surface area (Å²) in [4.78, 5) is 12.6. The fraction of sp³-hybridized carbons (Fsp3) is 0.381. The molecule has 0 bridgehead atoms. The van der Waals surface area contributed by atoms with Crippen LogP contribution in [0, 0.1) is 0 Å². The maximum atomic E-state index is 12.6. The number of anilines is 2. The molecule has 2 N–H and O–H groups in total. The summed E-state index contributed by atoms with van der Waals surface area (Å²) in [5, 5.41) is 7.00. The first-order chi connectivity index (χ1) is 11.8. The van der Waals surface area contributed by atoms with E-state index in [4.69, 9.17) is 0 Å². The lowest BCUT2D eigenvalue weighted by atomic mass is 9.92. The predicted octanol–water partition coefficient (Wildman–Crippen LogP) is 4.85. The van der Waals surface area contributed by atoms with Crippen LogP contribution in [0.3, 0.4) is 0 Å². The number of benzene rings is 2. The largest absolute Gasteiger partial charge is 0.382 e. The predicted molar refractivity (Wildman–Crippen MR) is 98.8 cm³/mol. The minimum atomic E-state index is 0.0837. The van der Waals surface area contributed by atoms with E-state index in [1.54, 1.807) is 0 Å². The first-order valence-corrected chi connectivity index (χ1v) is 9.06. The van der Waals surface area contributed by atoms with Gasteiger partial charge in [0.15, 0.2) is 5.78 Å². The van der Waals surface area contributed by atoms with E-state index in [9.17, 15) is 4.79 Å². The Morgan fingerprint density at radius 2 is 1.04 bits per heavy atom. The number of carbonyl (C=O) groups excluding carboxylic acids is 1. The molecule has 0 spiro atoms. The Labute approximate surface area is 143 Å². The van der Waals surface area contributed by atoms with Crippen LogP contribution in [0.15, 0.2) is 48.5 Å². The van der Waals surface area contributed by atoms with Crippen molar-refractivity contribution >= 4 is 17.2 Å². The standard InChI is InChI=1S/C21H24N2O/c24-21(15-7-11-19(12-8-15)22-17-3-1-4-17)16-9-13-20(14-10-16)23-18-5-2-6-18/h7-14,17-18,22-23H,1-6H2. The molecule has 0 heterocycles. The highest BCUT2D eigenvalue weighted by Gasteiger charge is 2.18. The van der Waals surface area contributed by atoms with Gasteiger partial charge in [0, 0.05) is 34.6 Å². The van der Waals surface area contributed by atoms with Crippen LogP contribution < -0.4 is 10.6 Å². The van der Waals surface area contributed by atoms with Gasteiger partial charge in [-0.15, -0.1) is 0 Å². The second kappa shape index (κ2) is 6.68. The van der Waals surface area contributed by atoms with Crippen LogP contribution in [0.1, 0.15) is 54.4 Å². The summed E-state index contributed by atoms with van der Waals surface area (Å²) < 4.78 is 0. The quantitative estimate of drug-likeness (QED) is 0.748. The van der Waals surface area contributed by atoms with E-state index in [1.165, 1.54) is 38.5 Å². The minimum Gasteiger partial charge on any atom is -0.382 e. The lowest BCUT2D eigenvalue weighted by molar-refractivity contribution is 0.103. The van der Waals surface area contributed by atoms with Crippen LogP contribution in [-0.2, 0) is 0 Å². The van der Waals surface area contributed by atoms with Gasteiger partial charge in [-0.25, -0.2) is 0 Å². The van der Waals surface area contributed by atoms with Gasteiger partial charge in [-0.2, -0.15) is 0 Å². The molecule has 3 nitrogen and oxygen atoms in total. The van der Waals surface area contributed by atoms with E-state index < -0.39 is 0 Å². The highest BCUT2D eigenvalue weighted by molar-refractivity contribution is 6.09. The van der Waals surface area contributed by atoms with Gasteiger partial charge >= 0.3 is 0 Å². The van der Waals surface area contributed by atoms with Gasteiger partial charge in [0.25, 0.3) is 0 Å². The summed E-state index contributed by atoms with van der Waals surface area (Å²) in [6.45, 7) is 0. The number of ketones is 1. The number of hydrogen-bond acceptors (Lipinski definition) is 3. The molecule has 2 fully saturated rings. The number of carbonyl (C=O) groups is 1. The van der Waals surface area contributed by atoms with Gasteiger partial charge in [-0.3, -0.25) is 4.79 Å². The molecular weight excluding hydrogens is 296 g/mol. The molecule has 0 aliphatic heterocycles. The SMILES string of the molecule is O=C(c1ccc(NC2CCC2)cc1)c1ccc(NC2CCC2)cc1. The van der Waals surface area contributed by atoms with Gasteiger partial charge < -0.3 is 10.6 Å². The zero-order valence-corrected chi connectivity index (χ0v) is 13.9. The Bertz CT molecular complexity index is 636. The second-order valence-electron chi connectivity index (χ2n) is 7.03. The van der Waals surface area contributed by atoms with E-state index in [2.05, 4.69) is 10.6 Å². The monoisotopic (exact) mass is 320 g/mol. The minimum absolute atomic E-state index is 0.0837. The molecule has 0 saturated heterocycles. The van der Waals surface area contributed by atoms with Gasteiger partial charge in [0.2, 0.25) is 0 Å². The fourth-order valence-electron chi connectivity index (χ4n) is 3.18.